The van der Waals surface area contributed by atoms with Gasteiger partial charge in [0.05, 0.1) is 0 Å². The van der Waals surface area contributed by atoms with Gasteiger partial charge in [-0.15, -0.1) is 0 Å². The number of carbonyl (C=O) groups excluding carboxylic acids is 1. The topological polar surface area (TPSA) is 46.5 Å². The number of aryl methyl sites for hydroxylation is 1. The van der Waals surface area contributed by atoms with Crippen molar-refractivity contribution in [2.45, 2.75) is 78.1 Å². The molecule has 3 rings (SSSR count). The van der Waals surface area contributed by atoms with Gasteiger partial charge in [-0.1, -0.05) is 40.2 Å². The Balaban J connectivity index is 2.14. The smallest absolute Gasteiger partial charge is 0.302 e. The maximum absolute atomic E-state index is 11.6. The normalized spacial score (nSPS) is 27.5. The highest BCUT2D eigenvalue weighted by molar-refractivity contribution is 5.66. The molecule has 1 aromatic rings. The van der Waals surface area contributed by atoms with E-state index in [-0.39, 0.29) is 16.8 Å². The van der Waals surface area contributed by atoms with Gasteiger partial charge in [-0.3, -0.25) is 4.79 Å². The zero-order valence-corrected chi connectivity index (χ0v) is 16.3. The zero-order valence-electron chi connectivity index (χ0n) is 16.3. The van der Waals surface area contributed by atoms with Crippen LogP contribution in [0.4, 0.5) is 0 Å². The third kappa shape index (κ3) is 3.07. The molecule has 0 heterocycles. The lowest BCUT2D eigenvalue weighted by Gasteiger charge is -2.55. The van der Waals surface area contributed by atoms with E-state index in [1.54, 1.807) is 0 Å². The minimum Gasteiger partial charge on any atom is -0.508 e. The number of esters is 1. The molecule has 25 heavy (non-hydrogen) atoms. The first-order chi connectivity index (χ1) is 11.7. The van der Waals surface area contributed by atoms with E-state index in [1.165, 1.54) is 24.5 Å². The molecule has 0 saturated heterocycles. The molecular formula is C22H32O3. The molecule has 0 aromatic heterocycles. The van der Waals surface area contributed by atoms with Crippen LogP contribution in [0.25, 0.3) is 0 Å². The second-order valence-electron chi connectivity index (χ2n) is 9.09. The first-order valence-electron chi connectivity index (χ1n) is 9.67. The predicted molar refractivity (Wildman–Crippen MR) is 99.9 cm³/mol. The average molecular weight is 344 g/mol. The van der Waals surface area contributed by atoms with Crippen LogP contribution in [0.15, 0.2) is 12.1 Å². The van der Waals surface area contributed by atoms with E-state index in [4.69, 9.17) is 4.74 Å². The van der Waals surface area contributed by atoms with Gasteiger partial charge in [-0.25, -0.2) is 0 Å². The summed E-state index contributed by atoms with van der Waals surface area (Å²) in [6.07, 6.45) is 5.55. The molecule has 3 heteroatoms. The summed E-state index contributed by atoms with van der Waals surface area (Å²) in [5.74, 6) is 0.951. The van der Waals surface area contributed by atoms with Gasteiger partial charge >= 0.3 is 5.97 Å². The number of hydrogen-bond donors (Lipinski definition) is 1. The molecule has 2 atom stereocenters. The Bertz CT molecular complexity index is 674. The molecule has 3 nitrogen and oxygen atoms in total. The van der Waals surface area contributed by atoms with Crippen LogP contribution < -0.4 is 0 Å². The lowest BCUT2D eigenvalue weighted by atomic mass is 9.49. The molecule has 0 bridgehead atoms. The van der Waals surface area contributed by atoms with Crippen LogP contribution in [0, 0.1) is 11.3 Å². The molecule has 1 aromatic carbocycles. The van der Waals surface area contributed by atoms with Gasteiger partial charge in [-0.2, -0.15) is 0 Å². The van der Waals surface area contributed by atoms with Crippen LogP contribution in [0.2, 0.25) is 0 Å². The third-order valence-electron chi connectivity index (χ3n) is 6.70. The van der Waals surface area contributed by atoms with Crippen molar-refractivity contribution in [1.82, 2.24) is 0 Å². The van der Waals surface area contributed by atoms with Crippen LogP contribution >= 0.6 is 0 Å². The van der Waals surface area contributed by atoms with E-state index < -0.39 is 0 Å². The average Bonchev–Trinajstić information content (AvgIpc) is 2.52. The van der Waals surface area contributed by atoms with E-state index in [2.05, 4.69) is 33.8 Å². The lowest BCUT2D eigenvalue weighted by Crippen LogP contribution is -2.52. The van der Waals surface area contributed by atoms with Crippen molar-refractivity contribution in [2.24, 2.45) is 11.3 Å². The van der Waals surface area contributed by atoms with Gasteiger partial charge in [-0.05, 0) is 65.7 Å². The van der Waals surface area contributed by atoms with Gasteiger partial charge < -0.3 is 9.84 Å². The lowest BCUT2D eigenvalue weighted by molar-refractivity contribution is -0.146. The van der Waals surface area contributed by atoms with Gasteiger partial charge in [0.25, 0.3) is 0 Å². The SMILES string of the molecule is CC(=O)OC[C@]12CCCC(C)(C)[C@@H]1CCc1cc(C(C)C)c(O)cc12. The Morgan fingerprint density at radius 1 is 1.32 bits per heavy atom. The van der Waals surface area contributed by atoms with Crippen LogP contribution in [0.3, 0.4) is 0 Å². The maximum atomic E-state index is 11.6. The second-order valence-corrected chi connectivity index (χ2v) is 9.09. The van der Waals surface area contributed by atoms with Crippen molar-refractivity contribution < 1.29 is 14.6 Å². The molecule has 0 radical (unpaired) electrons. The summed E-state index contributed by atoms with van der Waals surface area (Å²) in [6.45, 7) is 10.9. The van der Waals surface area contributed by atoms with Crippen molar-refractivity contribution in [3.8, 4) is 5.75 Å². The number of aromatic hydroxyl groups is 1. The molecule has 0 amide bonds. The fraction of sp³-hybridized carbons (Fsp3) is 0.682. The second kappa shape index (κ2) is 6.34. The summed E-state index contributed by atoms with van der Waals surface area (Å²) in [5, 5.41) is 10.6. The van der Waals surface area contributed by atoms with Crippen LogP contribution in [0.5, 0.6) is 5.75 Å². The highest BCUT2D eigenvalue weighted by Crippen LogP contribution is 2.58. The number of fused-ring (bicyclic) bond motifs is 3. The molecule has 0 unspecified atom stereocenters. The molecular weight excluding hydrogens is 312 g/mol. The molecule has 1 fully saturated rings. The summed E-state index contributed by atoms with van der Waals surface area (Å²) in [5.41, 5.74) is 3.65. The highest BCUT2D eigenvalue weighted by Gasteiger charge is 2.53. The minimum absolute atomic E-state index is 0.159. The number of rotatable bonds is 3. The number of ether oxygens (including phenoxy) is 1. The summed E-state index contributed by atoms with van der Waals surface area (Å²) in [6, 6.07) is 4.18. The summed E-state index contributed by atoms with van der Waals surface area (Å²) < 4.78 is 5.59. The van der Waals surface area contributed by atoms with E-state index in [0.29, 0.717) is 24.2 Å². The number of benzene rings is 1. The highest BCUT2D eigenvalue weighted by atomic mass is 16.5. The van der Waals surface area contributed by atoms with Gasteiger partial charge in [0.1, 0.15) is 12.4 Å². The number of phenolic OH excluding ortho intramolecular Hbond substituents is 1. The Morgan fingerprint density at radius 2 is 2.04 bits per heavy atom. The van der Waals surface area contributed by atoms with Crippen molar-refractivity contribution in [1.29, 1.82) is 0 Å². The molecule has 0 spiro atoms. The third-order valence-corrected chi connectivity index (χ3v) is 6.70. The molecule has 138 valence electrons. The Hall–Kier alpha value is -1.51. The maximum Gasteiger partial charge on any atom is 0.302 e. The van der Waals surface area contributed by atoms with Crippen molar-refractivity contribution >= 4 is 5.97 Å². The quantitative estimate of drug-likeness (QED) is 0.777. The molecule has 0 aliphatic heterocycles. The summed E-state index contributed by atoms with van der Waals surface area (Å²) in [7, 11) is 0. The van der Waals surface area contributed by atoms with E-state index in [1.807, 2.05) is 6.07 Å². The molecule has 1 N–H and O–H groups in total. The number of hydrogen-bond acceptors (Lipinski definition) is 3. The van der Waals surface area contributed by atoms with Crippen molar-refractivity contribution in [3.05, 3.63) is 28.8 Å². The van der Waals surface area contributed by atoms with E-state index >= 15 is 0 Å². The molecule has 1 saturated carbocycles. The fourth-order valence-corrected chi connectivity index (χ4v) is 5.51. The zero-order chi connectivity index (χ0) is 18.4. The van der Waals surface area contributed by atoms with Crippen LogP contribution in [-0.2, 0) is 21.4 Å². The Morgan fingerprint density at radius 3 is 2.68 bits per heavy atom. The van der Waals surface area contributed by atoms with Crippen molar-refractivity contribution in [2.75, 3.05) is 6.61 Å². The number of carbonyl (C=O) groups is 1. The minimum atomic E-state index is -0.216. The number of phenols is 1. The summed E-state index contributed by atoms with van der Waals surface area (Å²) in [4.78, 5) is 11.6. The first kappa shape index (κ1) is 18.3. The van der Waals surface area contributed by atoms with Gasteiger partial charge in [0.2, 0.25) is 0 Å². The van der Waals surface area contributed by atoms with Crippen LogP contribution in [0.1, 0.15) is 82.9 Å². The van der Waals surface area contributed by atoms with Crippen LogP contribution in [-0.4, -0.2) is 17.7 Å². The largest absolute Gasteiger partial charge is 0.508 e. The van der Waals surface area contributed by atoms with E-state index in [0.717, 1.165) is 31.2 Å². The first-order valence-corrected chi connectivity index (χ1v) is 9.67. The predicted octanol–water partition coefficient (Wildman–Crippen LogP) is 5.09. The molecule has 2 aliphatic carbocycles. The van der Waals surface area contributed by atoms with Gasteiger partial charge in [0, 0.05) is 12.3 Å². The fourth-order valence-electron chi connectivity index (χ4n) is 5.51. The Kier molecular flexibility index (Phi) is 4.63. The van der Waals surface area contributed by atoms with Crippen molar-refractivity contribution in [3.63, 3.8) is 0 Å². The summed E-state index contributed by atoms with van der Waals surface area (Å²) >= 11 is 0. The van der Waals surface area contributed by atoms with Gasteiger partial charge in [0.15, 0.2) is 0 Å². The Labute approximate surface area is 151 Å². The standard InChI is InChI=1S/C22H32O3/c1-14(2)17-11-16-7-8-20-21(4,5)9-6-10-22(20,13-25-15(3)23)18(16)12-19(17)24/h11-12,14,20,24H,6-10,13H2,1-5H3/t20-,22-/m0/s1. The van der Waals surface area contributed by atoms with E-state index in [9.17, 15) is 9.90 Å². The monoisotopic (exact) mass is 344 g/mol. The molecule has 2 aliphatic rings.